The topological polar surface area (TPSA) is 85.6 Å². The molecule has 0 saturated carbocycles. The van der Waals surface area contributed by atoms with Gasteiger partial charge in [0.2, 0.25) is 11.2 Å². The fraction of sp³-hybridized carbons (Fsp3) is 0.148. The van der Waals surface area contributed by atoms with E-state index in [0.29, 0.717) is 34.2 Å². The first kappa shape index (κ1) is 22.0. The summed E-state index contributed by atoms with van der Waals surface area (Å²) in [5.41, 5.74) is 1.86. The highest BCUT2D eigenvalue weighted by Crippen LogP contribution is 2.31. The summed E-state index contributed by atoms with van der Waals surface area (Å²) in [6.07, 6.45) is -0.596. The predicted molar refractivity (Wildman–Crippen MR) is 128 cm³/mol. The summed E-state index contributed by atoms with van der Waals surface area (Å²) < 4.78 is 12.1. The lowest BCUT2D eigenvalue weighted by atomic mass is 10.1. The molecule has 0 fully saturated rings. The van der Waals surface area contributed by atoms with Crippen LogP contribution in [0.15, 0.2) is 88.1 Å². The smallest absolute Gasteiger partial charge is 0.265 e. The number of fused-ring (bicyclic) bond motifs is 1. The van der Waals surface area contributed by atoms with Crippen molar-refractivity contribution < 1.29 is 18.7 Å². The van der Waals surface area contributed by atoms with E-state index >= 15 is 0 Å². The van der Waals surface area contributed by atoms with Crippen LogP contribution >= 0.6 is 0 Å². The van der Waals surface area contributed by atoms with Gasteiger partial charge < -0.3 is 14.5 Å². The molecule has 1 N–H and O–H groups in total. The quantitative estimate of drug-likeness (QED) is 0.385. The number of benzene rings is 3. The molecule has 6 nitrogen and oxygen atoms in total. The third kappa shape index (κ3) is 4.70. The number of hydrogen-bond donors (Lipinski definition) is 1. The van der Waals surface area contributed by atoms with Crippen LogP contribution in [-0.4, -0.2) is 17.8 Å². The van der Waals surface area contributed by atoms with Crippen molar-refractivity contribution in [2.24, 2.45) is 0 Å². The molecule has 1 atom stereocenters. The van der Waals surface area contributed by atoms with Gasteiger partial charge in [0, 0.05) is 16.8 Å². The minimum Gasteiger partial charge on any atom is -0.473 e. The average molecular weight is 441 g/mol. The Morgan fingerprint density at radius 1 is 0.939 bits per heavy atom. The van der Waals surface area contributed by atoms with Crippen LogP contribution in [0.2, 0.25) is 0 Å². The first-order valence-corrected chi connectivity index (χ1v) is 10.7. The van der Waals surface area contributed by atoms with Crippen molar-refractivity contribution >= 4 is 28.3 Å². The molecule has 0 spiro atoms. The van der Waals surface area contributed by atoms with Crippen molar-refractivity contribution in [3.63, 3.8) is 0 Å². The van der Waals surface area contributed by atoms with Crippen molar-refractivity contribution in [1.29, 1.82) is 0 Å². The van der Waals surface area contributed by atoms with Gasteiger partial charge in [0.05, 0.1) is 5.39 Å². The van der Waals surface area contributed by atoms with Gasteiger partial charge in [-0.25, -0.2) is 0 Å². The molecule has 0 radical (unpaired) electrons. The maximum absolute atomic E-state index is 13.3. The molecule has 33 heavy (non-hydrogen) atoms. The Balaban J connectivity index is 1.68. The Morgan fingerprint density at radius 2 is 1.61 bits per heavy atom. The third-order valence-corrected chi connectivity index (χ3v) is 5.27. The summed E-state index contributed by atoms with van der Waals surface area (Å²) >= 11 is 0. The minimum atomic E-state index is -0.927. The molecule has 1 amide bonds. The van der Waals surface area contributed by atoms with Crippen molar-refractivity contribution in [3.05, 3.63) is 94.6 Å². The predicted octanol–water partition coefficient (Wildman–Crippen LogP) is 5.46. The van der Waals surface area contributed by atoms with Gasteiger partial charge in [-0.05, 0) is 49.7 Å². The SMILES string of the molecule is CCC(Oc1c(-c2ccccc2)oc2ccccc2c1=O)C(=O)Nc1ccc(C(C)=O)cc1. The van der Waals surface area contributed by atoms with Crippen molar-refractivity contribution in [1.82, 2.24) is 0 Å². The van der Waals surface area contributed by atoms with Gasteiger partial charge in [-0.2, -0.15) is 0 Å². The Hall–Kier alpha value is -4.19. The summed E-state index contributed by atoms with van der Waals surface area (Å²) in [6, 6.07) is 22.7. The zero-order valence-electron chi connectivity index (χ0n) is 18.3. The van der Waals surface area contributed by atoms with Gasteiger partial charge in [-0.3, -0.25) is 14.4 Å². The molecule has 1 heterocycles. The number of amides is 1. The van der Waals surface area contributed by atoms with Crippen LogP contribution in [0.3, 0.4) is 0 Å². The van der Waals surface area contributed by atoms with E-state index in [1.807, 2.05) is 30.3 Å². The molecule has 3 aromatic carbocycles. The summed E-state index contributed by atoms with van der Waals surface area (Å²) in [5.74, 6) is -0.191. The largest absolute Gasteiger partial charge is 0.473 e. The Morgan fingerprint density at radius 3 is 2.27 bits per heavy atom. The molecular formula is C27H23NO5. The van der Waals surface area contributed by atoms with Crippen LogP contribution in [0.1, 0.15) is 30.6 Å². The second-order valence-corrected chi connectivity index (χ2v) is 7.59. The summed E-state index contributed by atoms with van der Waals surface area (Å²) in [4.78, 5) is 37.7. The third-order valence-electron chi connectivity index (χ3n) is 5.27. The van der Waals surface area contributed by atoms with Crippen LogP contribution in [-0.2, 0) is 4.79 Å². The van der Waals surface area contributed by atoms with E-state index in [4.69, 9.17) is 9.15 Å². The minimum absolute atomic E-state index is 0.00572. The molecular weight excluding hydrogens is 418 g/mol. The fourth-order valence-corrected chi connectivity index (χ4v) is 3.49. The molecule has 0 aliphatic carbocycles. The number of ether oxygens (including phenoxy) is 1. The Kier molecular flexibility index (Phi) is 6.36. The average Bonchev–Trinajstić information content (AvgIpc) is 2.84. The maximum atomic E-state index is 13.3. The van der Waals surface area contributed by atoms with Crippen LogP contribution < -0.4 is 15.5 Å². The van der Waals surface area contributed by atoms with E-state index in [2.05, 4.69) is 5.32 Å². The number of carbonyl (C=O) groups excluding carboxylic acids is 2. The van der Waals surface area contributed by atoms with Gasteiger partial charge >= 0.3 is 0 Å². The molecule has 1 unspecified atom stereocenters. The first-order valence-electron chi connectivity index (χ1n) is 10.7. The lowest BCUT2D eigenvalue weighted by molar-refractivity contribution is -0.122. The van der Waals surface area contributed by atoms with Crippen LogP contribution in [0, 0.1) is 0 Å². The molecule has 4 aromatic rings. The zero-order valence-corrected chi connectivity index (χ0v) is 18.3. The summed E-state index contributed by atoms with van der Waals surface area (Å²) in [6.45, 7) is 3.28. The van der Waals surface area contributed by atoms with E-state index in [0.717, 1.165) is 0 Å². The van der Waals surface area contributed by atoms with Crippen molar-refractivity contribution in [3.8, 4) is 17.1 Å². The molecule has 4 rings (SSSR count). The molecule has 0 aliphatic rings. The van der Waals surface area contributed by atoms with E-state index in [9.17, 15) is 14.4 Å². The molecule has 0 saturated heterocycles. The molecule has 0 aliphatic heterocycles. The second kappa shape index (κ2) is 9.53. The number of ketones is 1. The van der Waals surface area contributed by atoms with E-state index in [-0.39, 0.29) is 22.7 Å². The number of hydrogen-bond acceptors (Lipinski definition) is 5. The fourth-order valence-electron chi connectivity index (χ4n) is 3.49. The molecule has 1 aromatic heterocycles. The normalized spacial score (nSPS) is 11.7. The van der Waals surface area contributed by atoms with Gasteiger partial charge in [0.1, 0.15) is 5.58 Å². The molecule has 0 bridgehead atoms. The number of rotatable bonds is 7. The molecule has 6 heteroatoms. The van der Waals surface area contributed by atoms with Crippen LogP contribution in [0.25, 0.3) is 22.3 Å². The summed E-state index contributed by atoms with van der Waals surface area (Å²) in [5, 5.41) is 3.16. The lowest BCUT2D eigenvalue weighted by Crippen LogP contribution is -2.34. The Bertz CT molecular complexity index is 1360. The lowest BCUT2D eigenvalue weighted by Gasteiger charge is -2.19. The zero-order chi connectivity index (χ0) is 23.4. The second-order valence-electron chi connectivity index (χ2n) is 7.59. The number of anilines is 1. The number of Topliss-reactive ketones (excluding diaryl/α,β-unsaturated/α-hetero) is 1. The highest BCUT2D eigenvalue weighted by atomic mass is 16.5. The van der Waals surface area contributed by atoms with Crippen LogP contribution in [0.4, 0.5) is 5.69 Å². The number of para-hydroxylation sites is 1. The maximum Gasteiger partial charge on any atom is 0.265 e. The first-order chi connectivity index (χ1) is 16.0. The van der Waals surface area contributed by atoms with E-state index in [1.165, 1.54) is 6.92 Å². The van der Waals surface area contributed by atoms with Gasteiger partial charge in [-0.1, -0.05) is 49.4 Å². The summed E-state index contributed by atoms with van der Waals surface area (Å²) in [7, 11) is 0. The van der Waals surface area contributed by atoms with Crippen molar-refractivity contribution in [2.45, 2.75) is 26.4 Å². The van der Waals surface area contributed by atoms with Crippen LogP contribution in [0.5, 0.6) is 5.75 Å². The molecule has 166 valence electrons. The highest BCUT2D eigenvalue weighted by molar-refractivity contribution is 5.97. The highest BCUT2D eigenvalue weighted by Gasteiger charge is 2.25. The van der Waals surface area contributed by atoms with E-state index in [1.54, 1.807) is 55.5 Å². The van der Waals surface area contributed by atoms with E-state index < -0.39 is 12.0 Å². The van der Waals surface area contributed by atoms with Gasteiger partial charge in [0.15, 0.2) is 17.6 Å². The number of nitrogens with one attached hydrogen (secondary N) is 1. The van der Waals surface area contributed by atoms with Gasteiger partial charge in [0.25, 0.3) is 5.91 Å². The van der Waals surface area contributed by atoms with Crippen molar-refractivity contribution in [2.75, 3.05) is 5.32 Å². The number of carbonyl (C=O) groups is 2. The van der Waals surface area contributed by atoms with Gasteiger partial charge in [-0.15, -0.1) is 0 Å². The standard InChI is InChI=1S/C27H23NO5/c1-3-22(27(31)28-20-15-13-18(14-16-20)17(2)29)32-26-24(30)21-11-7-8-12-23(21)33-25(26)19-9-5-4-6-10-19/h4-16,22H,3H2,1-2H3,(H,28,31). The monoisotopic (exact) mass is 441 g/mol. The Labute approximate surface area is 190 Å².